The van der Waals surface area contributed by atoms with E-state index in [4.69, 9.17) is 0 Å². The Hall–Kier alpha value is -2.70. The zero-order valence-corrected chi connectivity index (χ0v) is 17.2. The fourth-order valence-electron chi connectivity index (χ4n) is 3.47. The minimum atomic E-state index is -3.73. The van der Waals surface area contributed by atoms with Crippen LogP contribution >= 0.6 is 0 Å². The standard InChI is InChI=1S/C20H25N5O3S/c1-16-14-23-24(15-16)10-4-9-22-20(26)17-7-11-25(12-8-17)29(27,28)19-6-3-2-5-18(19)13-21/h2-3,5-6,14-15,17H,4,7-12H2,1H3,(H,22,26). The first kappa shape index (κ1) is 21.0. The lowest BCUT2D eigenvalue weighted by Gasteiger charge is -2.30. The molecule has 0 bridgehead atoms. The fraction of sp³-hybridized carbons (Fsp3) is 0.450. The summed E-state index contributed by atoms with van der Waals surface area (Å²) < 4.78 is 28.9. The summed E-state index contributed by atoms with van der Waals surface area (Å²) in [6, 6.07) is 8.13. The maximum absolute atomic E-state index is 12.9. The summed E-state index contributed by atoms with van der Waals surface area (Å²) in [5, 5.41) is 16.3. The number of nitrogens with one attached hydrogen (secondary N) is 1. The molecule has 0 aliphatic carbocycles. The number of amides is 1. The van der Waals surface area contributed by atoms with E-state index in [1.807, 2.05) is 23.9 Å². The summed E-state index contributed by atoms with van der Waals surface area (Å²) in [5.74, 6) is -0.226. The van der Waals surface area contributed by atoms with Crippen molar-refractivity contribution in [2.75, 3.05) is 19.6 Å². The van der Waals surface area contributed by atoms with Gasteiger partial charge in [-0.1, -0.05) is 12.1 Å². The molecule has 0 unspecified atom stereocenters. The van der Waals surface area contributed by atoms with Gasteiger partial charge in [0.2, 0.25) is 15.9 Å². The van der Waals surface area contributed by atoms with Crippen molar-refractivity contribution < 1.29 is 13.2 Å². The van der Waals surface area contributed by atoms with Gasteiger partial charge in [0, 0.05) is 38.3 Å². The molecule has 1 aromatic heterocycles. The SMILES string of the molecule is Cc1cnn(CCCNC(=O)C2CCN(S(=O)(=O)c3ccccc3C#N)CC2)c1. The molecule has 154 valence electrons. The van der Waals surface area contributed by atoms with Crippen LogP contribution in [0.3, 0.4) is 0 Å². The Balaban J connectivity index is 1.48. The molecule has 1 amide bonds. The summed E-state index contributed by atoms with van der Waals surface area (Å²) in [6.07, 6.45) is 5.49. The molecule has 8 nitrogen and oxygen atoms in total. The van der Waals surface area contributed by atoms with Crippen LogP contribution in [0.15, 0.2) is 41.6 Å². The summed E-state index contributed by atoms with van der Waals surface area (Å²) in [5.41, 5.74) is 1.24. The quantitative estimate of drug-likeness (QED) is 0.692. The van der Waals surface area contributed by atoms with E-state index in [2.05, 4.69) is 10.4 Å². The van der Waals surface area contributed by atoms with Crippen LogP contribution in [0.2, 0.25) is 0 Å². The van der Waals surface area contributed by atoms with Gasteiger partial charge in [0.15, 0.2) is 0 Å². The first-order valence-electron chi connectivity index (χ1n) is 9.68. The van der Waals surface area contributed by atoms with Crippen molar-refractivity contribution in [3.63, 3.8) is 0 Å². The van der Waals surface area contributed by atoms with Crippen molar-refractivity contribution in [1.82, 2.24) is 19.4 Å². The minimum absolute atomic E-state index is 0.0271. The Labute approximate surface area is 171 Å². The average molecular weight is 416 g/mol. The molecular weight excluding hydrogens is 390 g/mol. The normalized spacial score (nSPS) is 15.7. The number of carbonyl (C=O) groups is 1. The number of piperidine rings is 1. The third-order valence-corrected chi connectivity index (χ3v) is 7.03. The van der Waals surface area contributed by atoms with E-state index in [9.17, 15) is 18.5 Å². The van der Waals surface area contributed by atoms with E-state index in [1.54, 1.807) is 18.3 Å². The highest BCUT2D eigenvalue weighted by Gasteiger charge is 2.33. The van der Waals surface area contributed by atoms with Crippen LogP contribution in [-0.4, -0.2) is 48.0 Å². The molecule has 0 saturated carbocycles. The zero-order valence-electron chi connectivity index (χ0n) is 16.4. The van der Waals surface area contributed by atoms with Gasteiger partial charge in [-0.25, -0.2) is 8.42 Å². The summed E-state index contributed by atoms with van der Waals surface area (Å²) in [7, 11) is -3.73. The molecule has 1 aliphatic heterocycles. The van der Waals surface area contributed by atoms with E-state index in [-0.39, 0.29) is 35.4 Å². The molecule has 29 heavy (non-hydrogen) atoms. The van der Waals surface area contributed by atoms with Crippen molar-refractivity contribution in [3.8, 4) is 6.07 Å². The topological polar surface area (TPSA) is 108 Å². The monoisotopic (exact) mass is 415 g/mol. The lowest BCUT2D eigenvalue weighted by atomic mass is 9.97. The van der Waals surface area contributed by atoms with E-state index in [0.717, 1.165) is 18.5 Å². The van der Waals surface area contributed by atoms with Crippen LogP contribution in [0, 0.1) is 24.2 Å². The van der Waals surface area contributed by atoms with Gasteiger partial charge in [-0.2, -0.15) is 14.7 Å². The summed E-state index contributed by atoms with van der Waals surface area (Å²) >= 11 is 0. The lowest BCUT2D eigenvalue weighted by molar-refractivity contribution is -0.126. The van der Waals surface area contributed by atoms with E-state index >= 15 is 0 Å². The number of nitriles is 1. The number of hydrogen-bond donors (Lipinski definition) is 1. The second kappa shape index (κ2) is 9.20. The van der Waals surface area contributed by atoms with Crippen molar-refractivity contribution >= 4 is 15.9 Å². The maximum Gasteiger partial charge on any atom is 0.244 e. The van der Waals surface area contributed by atoms with Crippen molar-refractivity contribution in [2.45, 2.75) is 37.6 Å². The third-order valence-electron chi connectivity index (χ3n) is 5.08. The molecule has 1 fully saturated rings. The van der Waals surface area contributed by atoms with Crippen LogP contribution in [0.1, 0.15) is 30.4 Å². The van der Waals surface area contributed by atoms with E-state index < -0.39 is 10.0 Å². The average Bonchev–Trinajstić information content (AvgIpc) is 3.16. The molecule has 1 saturated heterocycles. The summed E-state index contributed by atoms with van der Waals surface area (Å²) in [4.78, 5) is 12.4. The molecule has 1 aliphatic rings. The second-order valence-corrected chi connectivity index (χ2v) is 9.12. The molecule has 0 atom stereocenters. The first-order chi connectivity index (χ1) is 13.9. The number of aromatic nitrogens is 2. The predicted octanol–water partition coefficient (Wildman–Crippen LogP) is 1.67. The zero-order chi connectivity index (χ0) is 20.9. The Morgan fingerprint density at radius 2 is 2.03 bits per heavy atom. The van der Waals surface area contributed by atoms with Crippen molar-refractivity contribution in [2.24, 2.45) is 5.92 Å². The molecule has 3 rings (SSSR count). The van der Waals surface area contributed by atoms with Gasteiger partial charge in [-0.15, -0.1) is 0 Å². The highest BCUT2D eigenvalue weighted by Crippen LogP contribution is 2.25. The lowest BCUT2D eigenvalue weighted by Crippen LogP contribution is -2.43. The molecule has 2 heterocycles. The maximum atomic E-state index is 12.9. The number of rotatable bonds is 7. The number of nitrogens with zero attached hydrogens (tertiary/aromatic N) is 4. The van der Waals surface area contributed by atoms with Crippen LogP contribution in [0.25, 0.3) is 0 Å². The predicted molar refractivity (Wildman–Crippen MR) is 107 cm³/mol. The van der Waals surface area contributed by atoms with Crippen LogP contribution in [0.5, 0.6) is 0 Å². The molecule has 1 aromatic carbocycles. The minimum Gasteiger partial charge on any atom is -0.356 e. The Bertz CT molecular complexity index is 1000. The number of carbonyl (C=O) groups excluding carboxylic acids is 1. The number of hydrogen-bond acceptors (Lipinski definition) is 5. The first-order valence-corrected chi connectivity index (χ1v) is 11.1. The van der Waals surface area contributed by atoms with Gasteiger partial charge in [0.25, 0.3) is 0 Å². The van der Waals surface area contributed by atoms with Crippen molar-refractivity contribution in [1.29, 1.82) is 5.26 Å². The van der Waals surface area contributed by atoms with Crippen molar-refractivity contribution in [3.05, 3.63) is 47.8 Å². The Morgan fingerprint density at radius 1 is 1.31 bits per heavy atom. The fourth-order valence-corrected chi connectivity index (χ4v) is 5.08. The molecule has 9 heteroatoms. The number of benzene rings is 1. The number of aryl methyl sites for hydroxylation is 2. The van der Waals surface area contributed by atoms with E-state index in [0.29, 0.717) is 19.4 Å². The molecule has 1 N–H and O–H groups in total. The molecule has 0 radical (unpaired) electrons. The smallest absolute Gasteiger partial charge is 0.244 e. The van der Waals surface area contributed by atoms with Gasteiger partial charge in [0.05, 0.1) is 16.7 Å². The van der Waals surface area contributed by atoms with Gasteiger partial charge in [-0.3, -0.25) is 9.48 Å². The largest absolute Gasteiger partial charge is 0.356 e. The molecular formula is C20H25N5O3S. The Kier molecular flexibility index (Phi) is 6.67. The highest BCUT2D eigenvalue weighted by atomic mass is 32.2. The van der Waals surface area contributed by atoms with Gasteiger partial charge >= 0.3 is 0 Å². The number of sulfonamides is 1. The second-order valence-electron chi connectivity index (χ2n) is 7.21. The van der Waals surface area contributed by atoms with Gasteiger partial charge in [-0.05, 0) is 43.9 Å². The van der Waals surface area contributed by atoms with Gasteiger partial charge in [0.1, 0.15) is 6.07 Å². The Morgan fingerprint density at radius 3 is 2.69 bits per heavy atom. The summed E-state index contributed by atoms with van der Waals surface area (Å²) in [6.45, 7) is 3.82. The molecule has 0 spiro atoms. The third kappa shape index (κ3) is 5.02. The van der Waals surface area contributed by atoms with Crippen LogP contribution in [0.4, 0.5) is 0 Å². The van der Waals surface area contributed by atoms with Gasteiger partial charge < -0.3 is 5.32 Å². The highest BCUT2D eigenvalue weighted by molar-refractivity contribution is 7.89. The molecule has 2 aromatic rings. The van der Waals surface area contributed by atoms with Crippen LogP contribution in [-0.2, 0) is 21.4 Å². The van der Waals surface area contributed by atoms with E-state index in [1.165, 1.54) is 16.4 Å². The van der Waals surface area contributed by atoms with Crippen LogP contribution < -0.4 is 5.32 Å².